The molecule has 52 valence electrons. The molecule has 1 nitrogen and oxygen atoms in total. The van der Waals surface area contributed by atoms with Crippen LogP contribution in [0, 0.1) is 10.2 Å². The van der Waals surface area contributed by atoms with Crippen molar-refractivity contribution in [1.82, 2.24) is 0 Å². The molecule has 0 aliphatic carbocycles. The van der Waals surface area contributed by atoms with Gasteiger partial charge < -0.3 is 0 Å². The summed E-state index contributed by atoms with van der Waals surface area (Å²) in [6.07, 6.45) is 3.76. The van der Waals surface area contributed by atoms with Crippen LogP contribution in [0.1, 0.15) is 19.3 Å². The van der Waals surface area contributed by atoms with Gasteiger partial charge in [-0.1, -0.05) is 0 Å². The Morgan fingerprint density at radius 3 is 2.67 bits per heavy atom. The molecule has 0 aromatic carbocycles. The van der Waals surface area contributed by atoms with E-state index in [0.717, 1.165) is 10.6 Å². The summed E-state index contributed by atoms with van der Waals surface area (Å²) in [5.41, 5.74) is 0. The molecule has 0 N–H and O–H groups in total. The second-order valence-electron chi connectivity index (χ2n) is 1.69. The van der Waals surface area contributed by atoms with Crippen LogP contribution < -0.4 is 0 Å². The zero-order valence-corrected chi connectivity index (χ0v) is 8.57. The van der Waals surface area contributed by atoms with Crippen molar-refractivity contribution in [3.63, 3.8) is 0 Å². The van der Waals surface area contributed by atoms with Gasteiger partial charge in [-0.05, 0) is 0 Å². The van der Waals surface area contributed by atoms with E-state index >= 15 is 0 Å². The summed E-state index contributed by atoms with van der Waals surface area (Å²) in [4.78, 5) is 2.20. The summed E-state index contributed by atoms with van der Waals surface area (Å²) >= 11 is 3.61. The van der Waals surface area contributed by atoms with Gasteiger partial charge in [0.2, 0.25) is 0 Å². The number of halogens is 1. The Balaban J connectivity index is 2.69. The SMILES string of the molecule is N#C[Se]CCCCCBr. The van der Waals surface area contributed by atoms with Gasteiger partial charge in [-0.3, -0.25) is 0 Å². The normalized spacial score (nSPS) is 8.89. The Kier molecular flexibility index (Phi) is 8.95. The molecule has 0 unspecified atom stereocenters. The molecule has 0 aliphatic heterocycles. The fourth-order valence-electron chi connectivity index (χ4n) is 0.491. The van der Waals surface area contributed by atoms with Gasteiger partial charge in [0, 0.05) is 0 Å². The number of hydrogen-bond donors (Lipinski definition) is 0. The van der Waals surface area contributed by atoms with E-state index < -0.39 is 0 Å². The maximum atomic E-state index is 8.19. The predicted octanol–water partition coefficient (Wildman–Crippen LogP) is 2.16. The number of unbranched alkanes of at least 4 members (excludes halogenated alkanes) is 2. The van der Waals surface area contributed by atoms with Crippen LogP contribution in [-0.2, 0) is 0 Å². The van der Waals surface area contributed by atoms with Crippen LogP contribution in [0.15, 0.2) is 0 Å². The molecular weight excluding hydrogens is 245 g/mol. The topological polar surface area (TPSA) is 23.8 Å². The molecule has 0 heterocycles. The Morgan fingerprint density at radius 2 is 2.11 bits per heavy atom. The maximum absolute atomic E-state index is 8.19. The standard InChI is InChI=1S/C6H10BrNSe/c7-4-2-1-3-5-9-6-8/h1-5H2. The van der Waals surface area contributed by atoms with E-state index in [4.69, 9.17) is 5.26 Å². The van der Waals surface area contributed by atoms with Crippen molar-refractivity contribution < 1.29 is 0 Å². The van der Waals surface area contributed by atoms with Gasteiger partial charge in [0.1, 0.15) is 0 Å². The Hall–Kier alpha value is 0.489. The molecule has 0 bridgehead atoms. The van der Waals surface area contributed by atoms with Crippen molar-refractivity contribution in [3.8, 4) is 4.97 Å². The van der Waals surface area contributed by atoms with Crippen molar-refractivity contribution in [2.45, 2.75) is 24.6 Å². The van der Waals surface area contributed by atoms with Crippen molar-refractivity contribution in [1.29, 1.82) is 5.26 Å². The average Bonchev–Trinajstić information content (AvgIpc) is 1.89. The van der Waals surface area contributed by atoms with E-state index in [0.29, 0.717) is 0 Å². The van der Waals surface area contributed by atoms with E-state index in [1.54, 1.807) is 0 Å². The fraction of sp³-hybridized carbons (Fsp3) is 0.833. The van der Waals surface area contributed by atoms with Crippen LogP contribution in [0.4, 0.5) is 0 Å². The van der Waals surface area contributed by atoms with E-state index in [2.05, 4.69) is 20.9 Å². The minimum atomic E-state index is 0.256. The molecule has 0 saturated carbocycles. The van der Waals surface area contributed by atoms with Crippen LogP contribution in [0.3, 0.4) is 0 Å². The van der Waals surface area contributed by atoms with E-state index in [9.17, 15) is 0 Å². The first-order valence-corrected chi connectivity index (χ1v) is 6.17. The van der Waals surface area contributed by atoms with E-state index in [-0.39, 0.29) is 15.0 Å². The molecule has 9 heavy (non-hydrogen) atoms. The molecule has 0 spiro atoms. The summed E-state index contributed by atoms with van der Waals surface area (Å²) in [6, 6.07) is 0. The van der Waals surface area contributed by atoms with Crippen LogP contribution >= 0.6 is 15.9 Å². The van der Waals surface area contributed by atoms with Crippen LogP contribution in [0.2, 0.25) is 5.32 Å². The summed E-state index contributed by atoms with van der Waals surface area (Å²) in [6.45, 7) is 0. The first-order valence-electron chi connectivity index (χ1n) is 2.98. The monoisotopic (exact) mass is 255 g/mol. The average molecular weight is 255 g/mol. The molecule has 0 amide bonds. The molecule has 0 atom stereocenters. The molecule has 0 aromatic rings. The van der Waals surface area contributed by atoms with Crippen molar-refractivity contribution in [2.24, 2.45) is 0 Å². The predicted molar refractivity (Wildman–Crippen MR) is 43.8 cm³/mol. The summed E-state index contributed by atoms with van der Waals surface area (Å²) in [5, 5.41) is 10.4. The Bertz CT molecular complexity index is 89.5. The van der Waals surface area contributed by atoms with Gasteiger partial charge in [0.05, 0.1) is 0 Å². The van der Waals surface area contributed by atoms with Gasteiger partial charge in [-0.2, -0.15) is 0 Å². The zero-order chi connectivity index (χ0) is 6.95. The van der Waals surface area contributed by atoms with Gasteiger partial charge >= 0.3 is 71.0 Å². The van der Waals surface area contributed by atoms with Crippen molar-refractivity contribution in [3.05, 3.63) is 0 Å². The minimum absolute atomic E-state index is 0.256. The molecular formula is C6H10BrNSe. The number of hydrogen-bond acceptors (Lipinski definition) is 1. The zero-order valence-electron chi connectivity index (χ0n) is 5.27. The first-order chi connectivity index (χ1) is 4.41. The van der Waals surface area contributed by atoms with Gasteiger partial charge in [-0.15, -0.1) is 0 Å². The van der Waals surface area contributed by atoms with Gasteiger partial charge in [-0.25, -0.2) is 0 Å². The van der Waals surface area contributed by atoms with Crippen LogP contribution in [0.25, 0.3) is 0 Å². The third-order valence-corrected chi connectivity index (χ3v) is 2.81. The molecule has 0 aromatic heterocycles. The summed E-state index contributed by atoms with van der Waals surface area (Å²) < 4.78 is 0. The van der Waals surface area contributed by atoms with E-state index in [1.807, 2.05) is 0 Å². The quantitative estimate of drug-likeness (QED) is 0.419. The molecule has 0 radical (unpaired) electrons. The number of alkyl halides is 1. The number of nitrogens with zero attached hydrogens (tertiary/aromatic N) is 1. The third-order valence-electron chi connectivity index (χ3n) is 0.945. The summed E-state index contributed by atoms with van der Waals surface area (Å²) in [5.74, 6) is 0. The molecule has 0 fully saturated rings. The summed E-state index contributed by atoms with van der Waals surface area (Å²) in [7, 11) is 0. The number of nitriles is 1. The number of rotatable bonds is 5. The third kappa shape index (κ3) is 8.49. The second kappa shape index (κ2) is 8.49. The van der Waals surface area contributed by atoms with Gasteiger partial charge in [0.25, 0.3) is 0 Å². The molecule has 0 saturated heterocycles. The molecule has 0 aliphatic rings. The van der Waals surface area contributed by atoms with Crippen molar-refractivity contribution >= 4 is 30.9 Å². The Morgan fingerprint density at radius 1 is 1.33 bits per heavy atom. The van der Waals surface area contributed by atoms with Gasteiger partial charge in [0.15, 0.2) is 0 Å². The first kappa shape index (κ1) is 9.49. The fourth-order valence-corrected chi connectivity index (χ4v) is 1.81. The van der Waals surface area contributed by atoms with E-state index in [1.165, 1.54) is 19.3 Å². The van der Waals surface area contributed by atoms with Crippen LogP contribution in [0.5, 0.6) is 0 Å². The molecule has 0 rings (SSSR count). The second-order valence-corrected chi connectivity index (χ2v) is 4.33. The van der Waals surface area contributed by atoms with Crippen molar-refractivity contribution in [2.75, 3.05) is 5.33 Å². The van der Waals surface area contributed by atoms with Crippen LogP contribution in [-0.4, -0.2) is 20.3 Å². The Labute approximate surface area is 71.1 Å². The molecule has 3 heteroatoms.